The zero-order valence-electron chi connectivity index (χ0n) is 9.37. The molecule has 1 aromatic heterocycles. The lowest BCUT2D eigenvalue weighted by Crippen LogP contribution is -2.10. The summed E-state index contributed by atoms with van der Waals surface area (Å²) in [7, 11) is -4.67. The fourth-order valence-corrected chi connectivity index (χ4v) is 1.53. The van der Waals surface area contributed by atoms with Gasteiger partial charge in [0.1, 0.15) is 0 Å². The molecule has 5 N–H and O–H groups in total. The van der Waals surface area contributed by atoms with E-state index in [-0.39, 0.29) is 0 Å². The summed E-state index contributed by atoms with van der Waals surface area (Å²) >= 11 is 0. The van der Waals surface area contributed by atoms with Crippen LogP contribution in [0.5, 0.6) is 0 Å². The summed E-state index contributed by atoms with van der Waals surface area (Å²) in [6.07, 6.45) is 2.82. The maximum absolute atomic E-state index is 8.74. The number of hydrogen-bond acceptors (Lipinski definition) is 4. The van der Waals surface area contributed by atoms with Crippen molar-refractivity contribution in [2.75, 3.05) is 6.54 Å². The van der Waals surface area contributed by atoms with E-state index in [0.29, 0.717) is 6.54 Å². The van der Waals surface area contributed by atoms with E-state index in [2.05, 4.69) is 16.5 Å². The topological polar surface area (TPSA) is 123 Å². The largest absolute Gasteiger partial charge is 0.394 e. The predicted octanol–water partition coefficient (Wildman–Crippen LogP) is 1.04. The fraction of sp³-hybridized carbons (Fsp3) is 0.200. The Balaban J connectivity index is 0.000000280. The van der Waals surface area contributed by atoms with Gasteiger partial charge in [0.2, 0.25) is 0 Å². The Hall–Kier alpha value is -1.45. The smallest absolute Gasteiger partial charge is 0.361 e. The molecule has 0 radical (unpaired) electrons. The molecule has 0 amide bonds. The second-order valence-corrected chi connectivity index (χ2v) is 4.36. The van der Waals surface area contributed by atoms with Crippen LogP contribution in [0.4, 0.5) is 0 Å². The zero-order valence-corrected chi connectivity index (χ0v) is 10.2. The van der Waals surface area contributed by atoms with Crippen molar-refractivity contribution in [2.24, 2.45) is 0 Å². The van der Waals surface area contributed by atoms with E-state index in [4.69, 9.17) is 22.7 Å². The van der Waals surface area contributed by atoms with Crippen molar-refractivity contribution in [2.45, 2.75) is 6.42 Å². The minimum Gasteiger partial charge on any atom is -0.361 e. The summed E-state index contributed by atoms with van der Waals surface area (Å²) in [5, 5.41) is 9.71. The number of aromatic amines is 1. The van der Waals surface area contributed by atoms with Gasteiger partial charge >= 0.3 is 10.4 Å². The Morgan fingerprint density at radius 3 is 2.44 bits per heavy atom. The van der Waals surface area contributed by atoms with Crippen molar-refractivity contribution in [1.29, 1.82) is 0 Å². The molecule has 0 saturated heterocycles. The van der Waals surface area contributed by atoms with Crippen LogP contribution in [0.3, 0.4) is 0 Å². The Morgan fingerprint density at radius 1 is 1.22 bits per heavy atom. The third-order valence-electron chi connectivity index (χ3n) is 2.18. The Morgan fingerprint density at radius 2 is 1.83 bits per heavy atom. The van der Waals surface area contributed by atoms with Gasteiger partial charge in [-0.25, -0.2) is 5.48 Å². The van der Waals surface area contributed by atoms with Crippen LogP contribution in [-0.2, 0) is 16.8 Å². The molecule has 0 unspecified atom stereocenters. The molecule has 100 valence electrons. The summed E-state index contributed by atoms with van der Waals surface area (Å²) in [6, 6.07) is 8.16. The molecule has 0 atom stereocenters. The van der Waals surface area contributed by atoms with Gasteiger partial charge in [0, 0.05) is 23.6 Å². The number of nitrogens with one attached hydrogen (secondary N) is 2. The highest BCUT2D eigenvalue weighted by atomic mass is 32.3. The van der Waals surface area contributed by atoms with Crippen LogP contribution in [0.1, 0.15) is 5.56 Å². The number of H-pyrrole nitrogens is 1. The molecule has 0 fully saturated rings. The first kappa shape index (κ1) is 14.6. The number of hydroxylamine groups is 1. The van der Waals surface area contributed by atoms with Gasteiger partial charge in [-0.2, -0.15) is 8.42 Å². The standard InChI is InChI=1S/C10H12N2O.H2O4S/c13-12-6-5-8-7-11-10-4-2-1-3-9(8)10;1-5(2,3)4/h1-4,7,11-13H,5-6H2;(H2,1,2,3,4). The molecule has 0 bridgehead atoms. The van der Waals surface area contributed by atoms with Crippen molar-refractivity contribution in [1.82, 2.24) is 10.5 Å². The lowest BCUT2D eigenvalue weighted by molar-refractivity contribution is 0.168. The first-order valence-corrected chi connectivity index (χ1v) is 6.43. The Kier molecular flexibility index (Phi) is 5.25. The minimum atomic E-state index is -4.67. The zero-order chi connectivity index (χ0) is 13.6. The Labute approximate surface area is 104 Å². The molecule has 8 heteroatoms. The van der Waals surface area contributed by atoms with Crippen LogP contribution in [-0.4, -0.2) is 34.3 Å². The molecule has 0 aliphatic carbocycles. The van der Waals surface area contributed by atoms with E-state index >= 15 is 0 Å². The minimum absolute atomic E-state index is 0.585. The van der Waals surface area contributed by atoms with Crippen LogP contribution in [0.15, 0.2) is 30.5 Å². The first-order valence-electron chi connectivity index (χ1n) is 5.03. The van der Waals surface area contributed by atoms with Gasteiger partial charge in [0.05, 0.1) is 0 Å². The molecule has 0 saturated carbocycles. The van der Waals surface area contributed by atoms with E-state index in [1.165, 1.54) is 10.9 Å². The summed E-state index contributed by atoms with van der Waals surface area (Å²) in [5.74, 6) is 0. The highest BCUT2D eigenvalue weighted by Crippen LogP contribution is 2.17. The van der Waals surface area contributed by atoms with Crippen LogP contribution in [0, 0.1) is 0 Å². The maximum Gasteiger partial charge on any atom is 0.394 e. The maximum atomic E-state index is 8.74. The van der Waals surface area contributed by atoms with Crippen molar-refractivity contribution >= 4 is 21.3 Å². The van der Waals surface area contributed by atoms with E-state index in [1.54, 1.807) is 0 Å². The Bertz CT molecular complexity index is 585. The number of aromatic nitrogens is 1. The third kappa shape index (κ3) is 5.25. The van der Waals surface area contributed by atoms with Gasteiger partial charge in [-0.1, -0.05) is 18.2 Å². The number of benzene rings is 1. The number of rotatable bonds is 3. The predicted molar refractivity (Wildman–Crippen MR) is 66.0 cm³/mol. The van der Waals surface area contributed by atoms with Crippen LogP contribution in [0.25, 0.3) is 10.9 Å². The molecule has 0 aliphatic heterocycles. The van der Waals surface area contributed by atoms with Gasteiger partial charge in [-0.05, 0) is 18.1 Å². The van der Waals surface area contributed by atoms with Gasteiger partial charge in [0.15, 0.2) is 0 Å². The quantitative estimate of drug-likeness (QED) is 0.421. The molecule has 1 aromatic carbocycles. The molecular weight excluding hydrogens is 260 g/mol. The fourth-order valence-electron chi connectivity index (χ4n) is 1.53. The average Bonchev–Trinajstić information content (AvgIpc) is 2.67. The van der Waals surface area contributed by atoms with Crippen molar-refractivity contribution in [3.63, 3.8) is 0 Å². The highest BCUT2D eigenvalue weighted by molar-refractivity contribution is 7.79. The van der Waals surface area contributed by atoms with Gasteiger partial charge in [0.25, 0.3) is 0 Å². The molecule has 18 heavy (non-hydrogen) atoms. The lowest BCUT2D eigenvalue weighted by Gasteiger charge is -1.96. The highest BCUT2D eigenvalue weighted by Gasteiger charge is 2.00. The van der Waals surface area contributed by atoms with Gasteiger partial charge in [-0.15, -0.1) is 0 Å². The number of fused-ring (bicyclic) bond motifs is 1. The molecule has 2 rings (SSSR count). The van der Waals surface area contributed by atoms with Crippen LogP contribution < -0.4 is 5.48 Å². The van der Waals surface area contributed by atoms with Crippen molar-refractivity contribution in [3.8, 4) is 0 Å². The van der Waals surface area contributed by atoms with Crippen LogP contribution in [0.2, 0.25) is 0 Å². The summed E-state index contributed by atoms with van der Waals surface area (Å²) in [6.45, 7) is 0.585. The molecule has 0 aliphatic rings. The second kappa shape index (κ2) is 6.47. The van der Waals surface area contributed by atoms with E-state index < -0.39 is 10.4 Å². The third-order valence-corrected chi connectivity index (χ3v) is 2.18. The normalized spacial score (nSPS) is 11.1. The lowest BCUT2D eigenvalue weighted by atomic mass is 10.1. The van der Waals surface area contributed by atoms with E-state index in [1.807, 2.05) is 24.4 Å². The number of hydrogen-bond donors (Lipinski definition) is 5. The molecule has 2 aromatic rings. The molecular formula is C10H14N2O5S. The van der Waals surface area contributed by atoms with E-state index in [9.17, 15) is 0 Å². The summed E-state index contributed by atoms with van der Waals surface area (Å²) < 4.78 is 31.6. The van der Waals surface area contributed by atoms with Gasteiger partial charge in [-0.3, -0.25) is 9.11 Å². The van der Waals surface area contributed by atoms with Crippen molar-refractivity contribution < 1.29 is 22.7 Å². The second-order valence-electron chi connectivity index (χ2n) is 3.47. The summed E-state index contributed by atoms with van der Waals surface area (Å²) in [4.78, 5) is 3.19. The molecule has 1 heterocycles. The SMILES string of the molecule is O=S(=O)(O)O.ONCCc1c[nH]c2ccccc12. The molecule has 7 nitrogen and oxygen atoms in total. The van der Waals surface area contributed by atoms with Crippen molar-refractivity contribution in [3.05, 3.63) is 36.0 Å². The monoisotopic (exact) mass is 274 g/mol. The molecule has 0 spiro atoms. The first-order chi connectivity index (χ1) is 8.42. The van der Waals surface area contributed by atoms with Crippen LogP contribution >= 0.6 is 0 Å². The number of para-hydroxylation sites is 1. The van der Waals surface area contributed by atoms with E-state index in [0.717, 1.165) is 11.9 Å². The van der Waals surface area contributed by atoms with Gasteiger partial charge < -0.3 is 10.2 Å². The average molecular weight is 274 g/mol. The summed E-state index contributed by atoms with van der Waals surface area (Å²) in [5.41, 5.74) is 4.54.